The van der Waals surface area contributed by atoms with Gasteiger partial charge in [0.15, 0.2) is 5.78 Å². The van der Waals surface area contributed by atoms with Crippen molar-refractivity contribution in [3.63, 3.8) is 0 Å². The third-order valence-electron chi connectivity index (χ3n) is 2.68. The molecule has 1 amide bonds. The predicted molar refractivity (Wildman–Crippen MR) is 85.1 cm³/mol. The first-order chi connectivity index (χ1) is 10.5. The Morgan fingerprint density at radius 1 is 1.32 bits per heavy atom. The fourth-order valence-electron chi connectivity index (χ4n) is 1.74. The number of amides is 1. The molecule has 0 bridgehead atoms. The molecule has 7 heteroatoms. The van der Waals surface area contributed by atoms with Crippen LogP contribution < -0.4 is 5.32 Å². The number of carbonyl (C=O) groups excluding carboxylic acids is 2. The van der Waals surface area contributed by atoms with Gasteiger partial charge in [-0.05, 0) is 29.8 Å². The first kappa shape index (κ1) is 15.6. The van der Waals surface area contributed by atoms with Crippen molar-refractivity contribution in [2.75, 3.05) is 5.32 Å². The van der Waals surface area contributed by atoms with Crippen LogP contribution in [0.15, 0.2) is 41.8 Å². The number of ketones is 1. The zero-order valence-electron chi connectivity index (χ0n) is 11.6. The van der Waals surface area contributed by atoms with E-state index in [0.717, 1.165) is 11.3 Å². The molecule has 0 aliphatic rings. The van der Waals surface area contributed by atoms with E-state index in [0.29, 0.717) is 16.8 Å². The lowest BCUT2D eigenvalue weighted by molar-refractivity contribution is -0.380. The summed E-state index contributed by atoms with van der Waals surface area (Å²) in [6.07, 6.45) is 2.87. The second-order valence-corrected chi connectivity index (χ2v) is 5.32. The van der Waals surface area contributed by atoms with Crippen LogP contribution in [-0.4, -0.2) is 16.6 Å². The molecule has 2 rings (SSSR count). The van der Waals surface area contributed by atoms with Crippen molar-refractivity contribution in [3.8, 4) is 0 Å². The Morgan fingerprint density at radius 2 is 2.09 bits per heavy atom. The van der Waals surface area contributed by atoms with Gasteiger partial charge in [0, 0.05) is 29.6 Å². The maximum atomic E-state index is 12.1. The van der Waals surface area contributed by atoms with E-state index in [1.165, 1.54) is 25.1 Å². The van der Waals surface area contributed by atoms with Crippen LogP contribution in [0.1, 0.15) is 22.8 Å². The summed E-state index contributed by atoms with van der Waals surface area (Å²) in [5, 5.41) is 14.8. The number of nitrogens with zero attached hydrogens (tertiary/aromatic N) is 1. The highest BCUT2D eigenvalue weighted by molar-refractivity contribution is 7.13. The molecule has 0 fully saturated rings. The average Bonchev–Trinajstić information content (AvgIpc) is 2.93. The van der Waals surface area contributed by atoms with Crippen molar-refractivity contribution in [1.82, 2.24) is 0 Å². The molecule has 0 spiro atoms. The highest BCUT2D eigenvalue weighted by Gasteiger charge is 2.08. The molecule has 0 saturated carbocycles. The van der Waals surface area contributed by atoms with E-state index in [9.17, 15) is 19.7 Å². The van der Waals surface area contributed by atoms with Gasteiger partial charge in [-0.25, -0.2) is 0 Å². The molecule has 1 N–H and O–H groups in total. The normalized spacial score (nSPS) is 10.6. The Morgan fingerprint density at radius 3 is 2.73 bits per heavy atom. The maximum absolute atomic E-state index is 12.1. The summed E-state index contributed by atoms with van der Waals surface area (Å²) in [6.45, 7) is 1.39. The van der Waals surface area contributed by atoms with Gasteiger partial charge < -0.3 is 5.32 Å². The SMILES string of the molecule is CC(=O)Nc1cccc(C(=O)C=Cc2csc([N+](=O)[O-])c2)c1. The third-order valence-corrected chi connectivity index (χ3v) is 3.58. The first-order valence-electron chi connectivity index (χ1n) is 6.28. The van der Waals surface area contributed by atoms with Gasteiger partial charge >= 0.3 is 5.00 Å². The van der Waals surface area contributed by atoms with E-state index in [1.54, 1.807) is 29.6 Å². The fourth-order valence-corrected chi connectivity index (χ4v) is 2.44. The average molecular weight is 316 g/mol. The molecule has 1 heterocycles. The Kier molecular flexibility index (Phi) is 4.80. The molecule has 0 aliphatic heterocycles. The molecule has 0 atom stereocenters. The molecule has 2 aromatic rings. The number of benzene rings is 1. The van der Waals surface area contributed by atoms with Gasteiger partial charge in [-0.2, -0.15) is 0 Å². The van der Waals surface area contributed by atoms with Gasteiger partial charge in [0.25, 0.3) is 0 Å². The topological polar surface area (TPSA) is 89.3 Å². The van der Waals surface area contributed by atoms with Crippen LogP contribution in [-0.2, 0) is 4.79 Å². The van der Waals surface area contributed by atoms with E-state index in [-0.39, 0.29) is 16.7 Å². The summed E-state index contributed by atoms with van der Waals surface area (Å²) < 4.78 is 0. The molecule has 22 heavy (non-hydrogen) atoms. The van der Waals surface area contributed by atoms with E-state index in [1.807, 2.05) is 0 Å². The molecule has 112 valence electrons. The predicted octanol–water partition coefficient (Wildman–Crippen LogP) is 3.51. The summed E-state index contributed by atoms with van der Waals surface area (Å²) in [5.74, 6) is -0.466. The van der Waals surface area contributed by atoms with Crippen LogP contribution in [0.3, 0.4) is 0 Å². The van der Waals surface area contributed by atoms with Gasteiger partial charge in [-0.3, -0.25) is 19.7 Å². The zero-order valence-corrected chi connectivity index (χ0v) is 12.4. The molecular weight excluding hydrogens is 304 g/mol. The summed E-state index contributed by atoms with van der Waals surface area (Å²) in [6, 6.07) is 7.96. The highest BCUT2D eigenvalue weighted by Crippen LogP contribution is 2.23. The molecule has 0 saturated heterocycles. The van der Waals surface area contributed by atoms with Crippen LogP contribution in [0, 0.1) is 10.1 Å². The highest BCUT2D eigenvalue weighted by atomic mass is 32.1. The van der Waals surface area contributed by atoms with Crippen LogP contribution in [0.2, 0.25) is 0 Å². The van der Waals surface area contributed by atoms with Gasteiger partial charge in [-0.1, -0.05) is 23.5 Å². The fraction of sp³-hybridized carbons (Fsp3) is 0.0667. The van der Waals surface area contributed by atoms with Crippen LogP contribution in [0.4, 0.5) is 10.7 Å². The van der Waals surface area contributed by atoms with Gasteiger partial charge in [-0.15, -0.1) is 0 Å². The second kappa shape index (κ2) is 6.77. The zero-order chi connectivity index (χ0) is 16.1. The number of allylic oxidation sites excluding steroid dienone is 1. The monoisotopic (exact) mass is 316 g/mol. The van der Waals surface area contributed by atoms with E-state index >= 15 is 0 Å². The lowest BCUT2D eigenvalue weighted by Gasteiger charge is -2.03. The molecule has 1 aromatic carbocycles. The lowest BCUT2D eigenvalue weighted by atomic mass is 10.1. The van der Waals surface area contributed by atoms with E-state index < -0.39 is 4.92 Å². The van der Waals surface area contributed by atoms with Crippen molar-refractivity contribution in [2.45, 2.75) is 6.92 Å². The molecule has 0 unspecified atom stereocenters. The number of hydrogen-bond acceptors (Lipinski definition) is 5. The maximum Gasteiger partial charge on any atom is 0.324 e. The number of anilines is 1. The number of thiophene rings is 1. The minimum atomic E-state index is -0.471. The minimum Gasteiger partial charge on any atom is -0.326 e. The van der Waals surface area contributed by atoms with Crippen LogP contribution in [0.25, 0.3) is 6.08 Å². The second-order valence-electron chi connectivity index (χ2n) is 4.43. The Labute approximate surface area is 130 Å². The van der Waals surface area contributed by atoms with Gasteiger partial charge in [0.2, 0.25) is 5.91 Å². The molecule has 0 radical (unpaired) electrons. The Bertz CT molecular complexity index is 764. The van der Waals surface area contributed by atoms with E-state index in [2.05, 4.69) is 5.32 Å². The first-order valence-corrected chi connectivity index (χ1v) is 7.16. The number of carbonyl (C=O) groups is 2. The van der Waals surface area contributed by atoms with Crippen molar-refractivity contribution < 1.29 is 14.5 Å². The van der Waals surface area contributed by atoms with E-state index in [4.69, 9.17) is 0 Å². The van der Waals surface area contributed by atoms with Crippen LogP contribution >= 0.6 is 11.3 Å². The van der Waals surface area contributed by atoms with Crippen LogP contribution in [0.5, 0.6) is 0 Å². The van der Waals surface area contributed by atoms with Gasteiger partial charge in [0.1, 0.15) is 0 Å². The minimum absolute atomic E-state index is 0.0276. The van der Waals surface area contributed by atoms with Crippen molar-refractivity contribution in [3.05, 3.63) is 63.0 Å². The van der Waals surface area contributed by atoms with Crippen molar-refractivity contribution in [1.29, 1.82) is 0 Å². The molecule has 6 nitrogen and oxygen atoms in total. The summed E-state index contributed by atoms with van der Waals surface area (Å²) in [5.41, 5.74) is 1.56. The molecular formula is C15H12N2O4S. The third kappa shape index (κ3) is 4.10. The Balaban J connectivity index is 2.12. The lowest BCUT2D eigenvalue weighted by Crippen LogP contribution is -2.06. The number of hydrogen-bond donors (Lipinski definition) is 1. The largest absolute Gasteiger partial charge is 0.326 e. The number of nitrogens with one attached hydrogen (secondary N) is 1. The number of nitro groups is 1. The van der Waals surface area contributed by atoms with Crippen molar-refractivity contribution in [2.24, 2.45) is 0 Å². The molecule has 1 aromatic heterocycles. The Hall–Kier alpha value is -2.80. The summed E-state index contributed by atoms with van der Waals surface area (Å²) in [7, 11) is 0. The summed E-state index contributed by atoms with van der Waals surface area (Å²) >= 11 is 1.01. The summed E-state index contributed by atoms with van der Waals surface area (Å²) in [4.78, 5) is 33.2. The smallest absolute Gasteiger partial charge is 0.324 e. The quantitative estimate of drug-likeness (QED) is 0.395. The number of rotatable bonds is 5. The van der Waals surface area contributed by atoms with Gasteiger partial charge in [0.05, 0.1) is 4.92 Å². The molecule has 0 aliphatic carbocycles. The van der Waals surface area contributed by atoms with Crippen molar-refractivity contribution >= 4 is 39.8 Å². The standard InChI is InChI=1S/C15H12N2O4S/c1-10(18)16-13-4-2-3-12(8-13)14(19)6-5-11-7-15(17(20)21)22-9-11/h2-9H,1H3,(H,16,18).